The smallest absolute Gasteiger partial charge is 0.346 e. The molecule has 0 radical (unpaired) electrons. The number of nitrogens with one attached hydrogen (secondary N) is 2. The summed E-state index contributed by atoms with van der Waals surface area (Å²) in [6.45, 7) is 1.01. The Kier molecular flexibility index (Phi) is 3.96. The second kappa shape index (κ2) is 4.83. The van der Waals surface area contributed by atoms with Crippen molar-refractivity contribution < 1.29 is 18.0 Å². The van der Waals surface area contributed by atoms with Crippen LogP contribution in [0.2, 0.25) is 0 Å². The van der Waals surface area contributed by atoms with E-state index in [2.05, 4.69) is 5.32 Å². The highest BCUT2D eigenvalue weighted by molar-refractivity contribution is 5.81. The van der Waals surface area contributed by atoms with E-state index >= 15 is 0 Å². The quantitative estimate of drug-likeness (QED) is 0.733. The van der Waals surface area contributed by atoms with Crippen molar-refractivity contribution in [1.29, 1.82) is 0 Å². The molecular formula is C9H15F3N2O. The van der Waals surface area contributed by atoms with Crippen LogP contribution in [-0.4, -0.2) is 31.2 Å². The lowest BCUT2D eigenvalue weighted by molar-refractivity contribution is -0.139. The van der Waals surface area contributed by atoms with Gasteiger partial charge in [0.2, 0.25) is 5.91 Å². The zero-order valence-corrected chi connectivity index (χ0v) is 8.53. The molecule has 1 aliphatic carbocycles. The third kappa shape index (κ3) is 5.61. The molecule has 1 aliphatic rings. The van der Waals surface area contributed by atoms with E-state index in [1.807, 2.05) is 5.32 Å². The first-order valence-electron chi connectivity index (χ1n) is 4.96. The van der Waals surface area contributed by atoms with Crippen LogP contribution in [0.3, 0.4) is 0 Å². The molecule has 1 fully saturated rings. The van der Waals surface area contributed by atoms with Gasteiger partial charge in [0.25, 0.3) is 0 Å². The summed E-state index contributed by atoms with van der Waals surface area (Å²) in [7, 11) is 0. The number of rotatable bonds is 5. The van der Waals surface area contributed by atoms with Gasteiger partial charge in [-0.15, -0.1) is 0 Å². The lowest BCUT2D eigenvalue weighted by atomic mass is 10.3. The average Bonchev–Trinajstić information content (AvgIpc) is 2.92. The highest BCUT2D eigenvalue weighted by Gasteiger charge is 2.29. The summed E-state index contributed by atoms with van der Waals surface area (Å²) in [5, 5.41) is 4.74. The lowest BCUT2D eigenvalue weighted by Crippen LogP contribution is -2.45. The standard InChI is InChI=1S/C9H15F3N2O/c1-6(13-4-7-2-3-7)8(15)14-5-9(10,11)12/h6-7,13H,2-5H2,1H3,(H,14,15). The number of hydrogen-bond donors (Lipinski definition) is 2. The monoisotopic (exact) mass is 224 g/mol. The Morgan fingerprint density at radius 2 is 2.07 bits per heavy atom. The number of carbonyl (C=O) groups excluding carboxylic acids is 1. The average molecular weight is 224 g/mol. The van der Waals surface area contributed by atoms with Crippen LogP contribution < -0.4 is 10.6 Å². The van der Waals surface area contributed by atoms with Crippen LogP contribution in [0.25, 0.3) is 0 Å². The number of hydrogen-bond acceptors (Lipinski definition) is 2. The van der Waals surface area contributed by atoms with E-state index in [-0.39, 0.29) is 0 Å². The Hall–Kier alpha value is -0.780. The first-order valence-corrected chi connectivity index (χ1v) is 4.96. The van der Waals surface area contributed by atoms with Gasteiger partial charge in [-0.1, -0.05) is 0 Å². The molecule has 1 atom stereocenters. The minimum absolute atomic E-state index is 0.562. The van der Waals surface area contributed by atoms with E-state index in [0.29, 0.717) is 12.5 Å². The molecule has 1 rings (SSSR count). The van der Waals surface area contributed by atoms with E-state index in [4.69, 9.17) is 0 Å². The highest BCUT2D eigenvalue weighted by Crippen LogP contribution is 2.27. The van der Waals surface area contributed by atoms with Crippen molar-refractivity contribution >= 4 is 5.91 Å². The normalized spacial score (nSPS) is 18.7. The molecule has 1 unspecified atom stereocenters. The van der Waals surface area contributed by atoms with Gasteiger partial charge in [-0.25, -0.2) is 0 Å². The SMILES string of the molecule is CC(NCC1CC1)C(=O)NCC(F)(F)F. The van der Waals surface area contributed by atoms with Crippen LogP contribution in [-0.2, 0) is 4.79 Å². The van der Waals surface area contributed by atoms with Crippen molar-refractivity contribution in [2.75, 3.05) is 13.1 Å². The number of alkyl halides is 3. The lowest BCUT2D eigenvalue weighted by Gasteiger charge is -2.14. The summed E-state index contributed by atoms with van der Waals surface area (Å²) >= 11 is 0. The van der Waals surface area contributed by atoms with Gasteiger partial charge in [-0.2, -0.15) is 13.2 Å². The Bertz CT molecular complexity index is 226. The zero-order valence-electron chi connectivity index (χ0n) is 8.53. The fourth-order valence-electron chi connectivity index (χ4n) is 1.10. The third-order valence-corrected chi connectivity index (χ3v) is 2.27. The molecule has 15 heavy (non-hydrogen) atoms. The van der Waals surface area contributed by atoms with Crippen LogP contribution >= 0.6 is 0 Å². The Balaban J connectivity index is 2.14. The number of halogens is 3. The number of amides is 1. The van der Waals surface area contributed by atoms with Crippen LogP contribution in [0.4, 0.5) is 13.2 Å². The van der Waals surface area contributed by atoms with Crippen molar-refractivity contribution in [2.45, 2.75) is 32.0 Å². The summed E-state index contributed by atoms with van der Waals surface area (Å²) in [6.07, 6.45) is -2.06. The molecule has 3 nitrogen and oxygen atoms in total. The van der Waals surface area contributed by atoms with Gasteiger partial charge in [0.05, 0.1) is 6.04 Å². The molecule has 0 aliphatic heterocycles. The van der Waals surface area contributed by atoms with Crippen LogP contribution in [0.1, 0.15) is 19.8 Å². The van der Waals surface area contributed by atoms with E-state index < -0.39 is 24.7 Å². The van der Waals surface area contributed by atoms with Gasteiger partial charge in [0.1, 0.15) is 6.54 Å². The van der Waals surface area contributed by atoms with Gasteiger partial charge in [0.15, 0.2) is 0 Å². The van der Waals surface area contributed by atoms with E-state index in [9.17, 15) is 18.0 Å². The third-order valence-electron chi connectivity index (χ3n) is 2.27. The summed E-state index contributed by atoms with van der Waals surface area (Å²) in [5.74, 6) is -0.00385. The Morgan fingerprint density at radius 1 is 1.47 bits per heavy atom. The molecule has 0 aromatic carbocycles. The van der Waals surface area contributed by atoms with Crippen LogP contribution in [0.15, 0.2) is 0 Å². The molecule has 0 heterocycles. The van der Waals surface area contributed by atoms with Gasteiger partial charge in [0, 0.05) is 0 Å². The maximum absolute atomic E-state index is 11.8. The molecule has 2 N–H and O–H groups in total. The summed E-state index contributed by atoms with van der Waals surface area (Å²) in [4.78, 5) is 11.1. The highest BCUT2D eigenvalue weighted by atomic mass is 19.4. The van der Waals surface area contributed by atoms with Crippen molar-refractivity contribution in [3.8, 4) is 0 Å². The van der Waals surface area contributed by atoms with Crippen molar-refractivity contribution in [1.82, 2.24) is 10.6 Å². The zero-order chi connectivity index (χ0) is 11.5. The number of carbonyl (C=O) groups is 1. The van der Waals surface area contributed by atoms with Crippen molar-refractivity contribution in [2.24, 2.45) is 5.92 Å². The van der Waals surface area contributed by atoms with Crippen molar-refractivity contribution in [3.63, 3.8) is 0 Å². The first-order chi connectivity index (χ1) is 6.88. The van der Waals surface area contributed by atoms with E-state index in [1.54, 1.807) is 6.92 Å². The predicted molar refractivity (Wildman–Crippen MR) is 49.3 cm³/mol. The van der Waals surface area contributed by atoms with Gasteiger partial charge < -0.3 is 10.6 Å². The fraction of sp³-hybridized carbons (Fsp3) is 0.889. The van der Waals surface area contributed by atoms with Crippen LogP contribution in [0.5, 0.6) is 0 Å². The van der Waals surface area contributed by atoms with Crippen LogP contribution in [0, 0.1) is 5.92 Å². The maximum atomic E-state index is 11.8. The van der Waals surface area contributed by atoms with Gasteiger partial charge in [-0.05, 0) is 32.2 Å². The minimum atomic E-state index is -4.34. The Morgan fingerprint density at radius 3 is 2.53 bits per heavy atom. The molecule has 1 amide bonds. The molecule has 88 valence electrons. The van der Waals surface area contributed by atoms with E-state index in [1.165, 1.54) is 0 Å². The first kappa shape index (κ1) is 12.3. The van der Waals surface area contributed by atoms with Gasteiger partial charge in [-0.3, -0.25) is 4.79 Å². The molecule has 0 saturated heterocycles. The topological polar surface area (TPSA) is 41.1 Å². The summed E-state index contributed by atoms with van der Waals surface area (Å²) < 4.78 is 35.3. The largest absolute Gasteiger partial charge is 0.405 e. The summed E-state index contributed by atoms with van der Waals surface area (Å²) in [6, 6.07) is -0.562. The second-order valence-corrected chi connectivity index (χ2v) is 3.91. The molecule has 0 spiro atoms. The minimum Gasteiger partial charge on any atom is -0.346 e. The van der Waals surface area contributed by atoms with Gasteiger partial charge >= 0.3 is 6.18 Å². The Labute approximate surface area is 86.4 Å². The fourth-order valence-corrected chi connectivity index (χ4v) is 1.10. The summed E-state index contributed by atoms with van der Waals surface area (Å²) in [5.41, 5.74) is 0. The predicted octanol–water partition coefficient (Wildman–Crippen LogP) is 1.05. The molecule has 0 bridgehead atoms. The molecule has 1 saturated carbocycles. The second-order valence-electron chi connectivity index (χ2n) is 3.91. The van der Waals surface area contributed by atoms with Crippen molar-refractivity contribution in [3.05, 3.63) is 0 Å². The molecule has 6 heteroatoms. The molecule has 0 aromatic rings. The maximum Gasteiger partial charge on any atom is 0.405 e. The molecule has 0 aromatic heterocycles. The molecular weight excluding hydrogens is 209 g/mol. The van der Waals surface area contributed by atoms with E-state index in [0.717, 1.165) is 12.8 Å².